The van der Waals surface area contributed by atoms with Crippen LogP contribution in [-0.4, -0.2) is 28.0 Å². The van der Waals surface area contributed by atoms with Gasteiger partial charge in [0.15, 0.2) is 0 Å². The fraction of sp³-hybridized carbons (Fsp3) is 0.364. The van der Waals surface area contributed by atoms with Crippen molar-refractivity contribution in [3.05, 3.63) is 30.1 Å². The van der Waals surface area contributed by atoms with Crippen LogP contribution in [-0.2, 0) is 4.79 Å². The molecule has 1 aliphatic rings. The molecule has 0 aromatic carbocycles. The minimum atomic E-state index is -0.968. The van der Waals surface area contributed by atoms with Crippen LogP contribution in [0.4, 0.5) is 0 Å². The maximum absolute atomic E-state index is 11.7. The molecule has 1 aromatic rings. The summed E-state index contributed by atoms with van der Waals surface area (Å²) in [6.07, 6.45) is 4.74. The Labute approximate surface area is 92.5 Å². The highest BCUT2D eigenvalue weighted by molar-refractivity contribution is 5.96. The van der Waals surface area contributed by atoms with Gasteiger partial charge in [0.2, 0.25) is 0 Å². The molecule has 84 valence electrons. The number of hydrogen-bond acceptors (Lipinski definition) is 3. The van der Waals surface area contributed by atoms with E-state index in [1.807, 2.05) is 0 Å². The fourth-order valence-corrected chi connectivity index (χ4v) is 1.54. The number of amides is 1. The minimum absolute atomic E-state index is 0.0864. The van der Waals surface area contributed by atoms with Crippen molar-refractivity contribution in [3.8, 4) is 0 Å². The number of aromatic nitrogens is 1. The minimum Gasteiger partial charge on any atom is -0.480 e. The van der Waals surface area contributed by atoms with Crippen LogP contribution in [0.15, 0.2) is 24.5 Å². The Morgan fingerprint density at radius 2 is 2.00 bits per heavy atom. The molecule has 1 fully saturated rings. The van der Waals surface area contributed by atoms with Gasteiger partial charge in [-0.15, -0.1) is 0 Å². The predicted molar refractivity (Wildman–Crippen MR) is 55.9 cm³/mol. The van der Waals surface area contributed by atoms with E-state index in [1.54, 1.807) is 12.1 Å². The molecule has 1 aliphatic carbocycles. The van der Waals surface area contributed by atoms with E-state index >= 15 is 0 Å². The summed E-state index contributed by atoms with van der Waals surface area (Å²) in [5.74, 6) is -1.24. The second kappa shape index (κ2) is 4.30. The first-order valence-electron chi connectivity index (χ1n) is 5.12. The molecule has 1 saturated carbocycles. The van der Waals surface area contributed by atoms with Gasteiger partial charge in [0.1, 0.15) is 6.04 Å². The molecule has 0 saturated heterocycles. The van der Waals surface area contributed by atoms with Crippen LogP contribution in [0, 0.1) is 5.92 Å². The zero-order chi connectivity index (χ0) is 11.5. The van der Waals surface area contributed by atoms with Crippen molar-refractivity contribution in [2.24, 2.45) is 5.92 Å². The van der Waals surface area contributed by atoms with Crippen LogP contribution in [0.25, 0.3) is 0 Å². The average molecular weight is 220 g/mol. The number of aliphatic carboxylic acids is 1. The first-order chi connectivity index (χ1) is 7.68. The summed E-state index contributed by atoms with van der Waals surface area (Å²) in [5.41, 5.74) is 0.432. The monoisotopic (exact) mass is 220 g/mol. The lowest BCUT2D eigenvalue weighted by atomic mass is 10.1. The summed E-state index contributed by atoms with van der Waals surface area (Å²) in [6, 6.07) is 2.35. The Balaban J connectivity index is 2.03. The second-order valence-corrected chi connectivity index (χ2v) is 3.86. The average Bonchev–Trinajstić information content (AvgIpc) is 3.10. The van der Waals surface area contributed by atoms with E-state index in [1.165, 1.54) is 12.4 Å². The summed E-state index contributed by atoms with van der Waals surface area (Å²) in [5, 5.41) is 11.5. The van der Waals surface area contributed by atoms with E-state index in [0.29, 0.717) is 5.56 Å². The van der Waals surface area contributed by atoms with E-state index < -0.39 is 12.0 Å². The number of carbonyl (C=O) groups excluding carboxylic acids is 1. The molecular formula is C11H12N2O3. The Bertz CT molecular complexity index is 401. The molecule has 2 rings (SSSR count). The van der Waals surface area contributed by atoms with Crippen LogP contribution in [0.5, 0.6) is 0 Å². The lowest BCUT2D eigenvalue weighted by Crippen LogP contribution is -2.42. The standard InChI is InChI=1S/C11H12N2O3/c14-10(8-3-5-12-6-4-8)13-9(11(15)16)7-1-2-7/h3-7,9H,1-2H2,(H,13,14)(H,15,16). The van der Waals surface area contributed by atoms with Gasteiger partial charge < -0.3 is 10.4 Å². The molecular weight excluding hydrogens is 208 g/mol. The molecule has 1 aromatic heterocycles. The Hall–Kier alpha value is -1.91. The molecule has 5 heteroatoms. The van der Waals surface area contributed by atoms with Gasteiger partial charge in [0.25, 0.3) is 5.91 Å². The Kier molecular flexibility index (Phi) is 2.85. The van der Waals surface area contributed by atoms with Crippen LogP contribution in [0.3, 0.4) is 0 Å². The second-order valence-electron chi connectivity index (χ2n) is 3.86. The maximum atomic E-state index is 11.7. The molecule has 1 unspecified atom stereocenters. The van der Waals surface area contributed by atoms with Gasteiger partial charge >= 0.3 is 5.97 Å². The molecule has 2 N–H and O–H groups in total. The predicted octanol–water partition coefficient (Wildman–Crippen LogP) is 0.675. The zero-order valence-electron chi connectivity index (χ0n) is 8.59. The lowest BCUT2D eigenvalue weighted by molar-refractivity contribution is -0.139. The van der Waals surface area contributed by atoms with E-state index in [4.69, 9.17) is 5.11 Å². The van der Waals surface area contributed by atoms with Gasteiger partial charge in [0, 0.05) is 18.0 Å². The van der Waals surface area contributed by atoms with E-state index in [0.717, 1.165) is 12.8 Å². The number of carboxylic acid groups (broad SMARTS) is 1. The molecule has 0 spiro atoms. The highest BCUT2D eigenvalue weighted by Gasteiger charge is 2.37. The summed E-state index contributed by atoms with van der Waals surface area (Å²) in [6.45, 7) is 0. The lowest BCUT2D eigenvalue weighted by Gasteiger charge is -2.13. The molecule has 0 bridgehead atoms. The SMILES string of the molecule is O=C(NC(C(=O)O)C1CC1)c1ccncc1. The Morgan fingerprint density at radius 3 is 2.50 bits per heavy atom. The summed E-state index contributed by atoms with van der Waals surface area (Å²) in [7, 11) is 0. The topological polar surface area (TPSA) is 79.3 Å². The number of pyridine rings is 1. The number of hydrogen-bond donors (Lipinski definition) is 2. The summed E-state index contributed by atoms with van der Waals surface area (Å²) < 4.78 is 0. The van der Waals surface area contributed by atoms with E-state index in [9.17, 15) is 9.59 Å². The van der Waals surface area contributed by atoms with Crippen molar-refractivity contribution in [3.63, 3.8) is 0 Å². The summed E-state index contributed by atoms with van der Waals surface area (Å²) >= 11 is 0. The van der Waals surface area contributed by atoms with Gasteiger partial charge in [-0.2, -0.15) is 0 Å². The van der Waals surface area contributed by atoms with Crippen LogP contribution < -0.4 is 5.32 Å². The van der Waals surface area contributed by atoms with Crippen LogP contribution >= 0.6 is 0 Å². The van der Waals surface area contributed by atoms with E-state index in [-0.39, 0.29) is 11.8 Å². The largest absolute Gasteiger partial charge is 0.480 e. The van der Waals surface area contributed by atoms with Crippen molar-refractivity contribution in [1.82, 2.24) is 10.3 Å². The highest BCUT2D eigenvalue weighted by atomic mass is 16.4. The van der Waals surface area contributed by atoms with Crippen molar-refractivity contribution < 1.29 is 14.7 Å². The third-order valence-corrected chi connectivity index (χ3v) is 2.59. The smallest absolute Gasteiger partial charge is 0.326 e. The van der Waals surface area contributed by atoms with Gasteiger partial charge in [-0.25, -0.2) is 4.79 Å². The van der Waals surface area contributed by atoms with Gasteiger partial charge in [0.05, 0.1) is 0 Å². The van der Waals surface area contributed by atoms with Crippen molar-refractivity contribution in [2.75, 3.05) is 0 Å². The van der Waals surface area contributed by atoms with Gasteiger partial charge in [-0.1, -0.05) is 0 Å². The number of rotatable bonds is 4. The van der Waals surface area contributed by atoms with Crippen molar-refractivity contribution in [1.29, 1.82) is 0 Å². The van der Waals surface area contributed by atoms with Gasteiger partial charge in [-0.05, 0) is 30.9 Å². The molecule has 0 aliphatic heterocycles. The normalized spacial score (nSPS) is 16.5. The molecule has 5 nitrogen and oxygen atoms in total. The molecule has 1 heterocycles. The number of carboxylic acids is 1. The fourth-order valence-electron chi connectivity index (χ4n) is 1.54. The quantitative estimate of drug-likeness (QED) is 0.781. The number of nitrogens with zero attached hydrogens (tertiary/aromatic N) is 1. The first kappa shape index (κ1) is 10.6. The Morgan fingerprint density at radius 1 is 1.38 bits per heavy atom. The summed E-state index contributed by atoms with van der Waals surface area (Å²) in [4.78, 5) is 26.4. The molecule has 0 radical (unpaired) electrons. The molecule has 1 amide bonds. The molecule has 16 heavy (non-hydrogen) atoms. The number of carbonyl (C=O) groups is 2. The first-order valence-corrected chi connectivity index (χ1v) is 5.12. The molecule has 1 atom stereocenters. The van der Waals surface area contributed by atoms with E-state index in [2.05, 4.69) is 10.3 Å². The van der Waals surface area contributed by atoms with Crippen LogP contribution in [0.2, 0.25) is 0 Å². The third kappa shape index (κ3) is 2.36. The van der Waals surface area contributed by atoms with Crippen molar-refractivity contribution in [2.45, 2.75) is 18.9 Å². The van der Waals surface area contributed by atoms with Gasteiger partial charge in [-0.3, -0.25) is 9.78 Å². The number of nitrogens with one attached hydrogen (secondary N) is 1. The van der Waals surface area contributed by atoms with Crippen molar-refractivity contribution >= 4 is 11.9 Å². The zero-order valence-corrected chi connectivity index (χ0v) is 8.59. The highest BCUT2D eigenvalue weighted by Crippen LogP contribution is 2.32. The third-order valence-electron chi connectivity index (χ3n) is 2.59. The van der Waals surface area contributed by atoms with Crippen LogP contribution in [0.1, 0.15) is 23.2 Å². The maximum Gasteiger partial charge on any atom is 0.326 e.